The van der Waals surface area contributed by atoms with Crippen molar-refractivity contribution >= 4 is 40.2 Å². The number of hydrogen-bond donors (Lipinski definition) is 2. The number of carbonyl (C=O) groups excluding carboxylic acids is 2. The van der Waals surface area contributed by atoms with Crippen LogP contribution < -0.4 is 11.1 Å². The fraction of sp³-hybridized carbons (Fsp3) is 0.333. The van der Waals surface area contributed by atoms with Gasteiger partial charge in [-0.2, -0.15) is 0 Å². The van der Waals surface area contributed by atoms with Crippen LogP contribution in [0.15, 0.2) is 18.2 Å². The Balaban J connectivity index is 2.47. The molecule has 1 amide bonds. The maximum absolute atomic E-state index is 11.7. The molecule has 0 atom stereocenters. The summed E-state index contributed by atoms with van der Waals surface area (Å²) < 4.78 is 10.5. The summed E-state index contributed by atoms with van der Waals surface area (Å²) in [5, 5.41) is 2.54. The third-order valence-electron chi connectivity index (χ3n) is 2.20. The highest BCUT2D eigenvalue weighted by molar-refractivity contribution is 14.1. The summed E-state index contributed by atoms with van der Waals surface area (Å²) in [6.07, 6.45) is 0. The molecule has 0 aromatic heterocycles. The van der Waals surface area contributed by atoms with Crippen LogP contribution in [0.5, 0.6) is 0 Å². The smallest absolute Gasteiger partial charge is 0.340 e. The Kier molecular flexibility index (Phi) is 6.57. The highest BCUT2D eigenvalue weighted by Crippen LogP contribution is 2.16. The zero-order valence-electron chi connectivity index (χ0n) is 10.4. The van der Waals surface area contributed by atoms with Gasteiger partial charge in [0.1, 0.15) is 0 Å². The zero-order valence-corrected chi connectivity index (χ0v) is 12.6. The van der Waals surface area contributed by atoms with E-state index in [4.69, 9.17) is 15.2 Å². The molecular formula is C12H15IN2O4. The van der Waals surface area contributed by atoms with E-state index in [9.17, 15) is 9.59 Å². The molecule has 0 saturated carbocycles. The first-order chi connectivity index (χ1) is 9.04. The molecule has 7 heteroatoms. The van der Waals surface area contributed by atoms with Crippen molar-refractivity contribution < 1.29 is 19.1 Å². The number of halogens is 1. The molecule has 0 saturated heterocycles. The summed E-state index contributed by atoms with van der Waals surface area (Å²) in [5.41, 5.74) is 6.26. The largest absolute Gasteiger partial charge is 0.452 e. The lowest BCUT2D eigenvalue weighted by Crippen LogP contribution is -2.31. The molecule has 0 aliphatic carbocycles. The third-order valence-corrected chi connectivity index (χ3v) is 2.87. The standard InChI is InChI=1S/C12H15IN2O4/c1-18-5-4-15-11(16)7-19-12(17)9-6-8(13)2-3-10(9)14/h2-3,6H,4-5,7,14H2,1H3,(H,15,16). The lowest BCUT2D eigenvalue weighted by atomic mass is 10.2. The predicted octanol–water partition coefficient (Wildman–Crippen LogP) is 0.793. The van der Waals surface area contributed by atoms with E-state index in [-0.39, 0.29) is 18.1 Å². The number of benzene rings is 1. The van der Waals surface area contributed by atoms with Gasteiger partial charge in [0.2, 0.25) is 0 Å². The molecule has 0 radical (unpaired) electrons. The molecule has 1 aromatic carbocycles. The summed E-state index contributed by atoms with van der Waals surface area (Å²) in [5.74, 6) is -0.993. The number of nitrogen functional groups attached to an aromatic ring is 1. The van der Waals surface area contributed by atoms with Crippen molar-refractivity contribution in [2.75, 3.05) is 32.6 Å². The van der Waals surface area contributed by atoms with Crippen LogP contribution in [0.25, 0.3) is 0 Å². The van der Waals surface area contributed by atoms with E-state index in [1.54, 1.807) is 18.2 Å². The number of amides is 1. The average Bonchev–Trinajstić information content (AvgIpc) is 2.39. The molecule has 1 rings (SSSR count). The number of carbonyl (C=O) groups is 2. The molecule has 0 unspecified atom stereocenters. The van der Waals surface area contributed by atoms with Crippen molar-refractivity contribution in [1.82, 2.24) is 5.32 Å². The maximum Gasteiger partial charge on any atom is 0.340 e. The van der Waals surface area contributed by atoms with Gasteiger partial charge < -0.3 is 20.5 Å². The normalized spacial score (nSPS) is 10.0. The fourth-order valence-corrected chi connectivity index (χ4v) is 1.75. The van der Waals surface area contributed by atoms with E-state index in [0.29, 0.717) is 18.8 Å². The number of nitrogens with one attached hydrogen (secondary N) is 1. The number of methoxy groups -OCH3 is 1. The summed E-state index contributed by atoms with van der Waals surface area (Å²) in [4.78, 5) is 23.1. The summed E-state index contributed by atoms with van der Waals surface area (Å²) in [7, 11) is 1.53. The average molecular weight is 378 g/mol. The van der Waals surface area contributed by atoms with Gasteiger partial charge in [-0.05, 0) is 40.8 Å². The zero-order chi connectivity index (χ0) is 14.3. The van der Waals surface area contributed by atoms with Gasteiger partial charge in [-0.15, -0.1) is 0 Å². The van der Waals surface area contributed by atoms with Crippen LogP contribution in [0.4, 0.5) is 5.69 Å². The van der Waals surface area contributed by atoms with Crippen LogP contribution in [-0.2, 0) is 14.3 Å². The Morgan fingerprint density at radius 3 is 2.84 bits per heavy atom. The topological polar surface area (TPSA) is 90.6 Å². The van der Waals surface area contributed by atoms with Crippen molar-refractivity contribution in [2.24, 2.45) is 0 Å². The van der Waals surface area contributed by atoms with Gasteiger partial charge in [-0.25, -0.2) is 4.79 Å². The second-order valence-electron chi connectivity index (χ2n) is 3.65. The van der Waals surface area contributed by atoms with Gasteiger partial charge in [0.25, 0.3) is 5.91 Å². The SMILES string of the molecule is COCCNC(=O)COC(=O)c1cc(I)ccc1N. The second kappa shape index (κ2) is 7.95. The van der Waals surface area contributed by atoms with E-state index in [1.165, 1.54) is 7.11 Å². The maximum atomic E-state index is 11.7. The van der Waals surface area contributed by atoms with Crippen molar-refractivity contribution in [3.05, 3.63) is 27.3 Å². The molecule has 0 aliphatic heterocycles. The van der Waals surface area contributed by atoms with E-state index >= 15 is 0 Å². The molecule has 0 spiro atoms. The van der Waals surface area contributed by atoms with Crippen LogP contribution in [0.3, 0.4) is 0 Å². The van der Waals surface area contributed by atoms with Crippen LogP contribution in [0.2, 0.25) is 0 Å². The van der Waals surface area contributed by atoms with Crippen LogP contribution in [0, 0.1) is 3.57 Å². The molecule has 1 aromatic rings. The van der Waals surface area contributed by atoms with Gasteiger partial charge in [0, 0.05) is 22.9 Å². The van der Waals surface area contributed by atoms with Gasteiger partial charge >= 0.3 is 5.97 Å². The first kappa shape index (κ1) is 15.7. The molecule has 0 bridgehead atoms. The van der Waals surface area contributed by atoms with Crippen LogP contribution in [0.1, 0.15) is 10.4 Å². The molecule has 104 valence electrons. The monoisotopic (exact) mass is 378 g/mol. The first-order valence-electron chi connectivity index (χ1n) is 5.52. The minimum atomic E-state index is -0.613. The summed E-state index contributed by atoms with van der Waals surface area (Å²) in [6, 6.07) is 5.02. The minimum absolute atomic E-state index is 0.261. The predicted molar refractivity (Wildman–Crippen MR) is 78.7 cm³/mol. The molecule has 6 nitrogen and oxygen atoms in total. The Bertz CT molecular complexity index is 465. The summed E-state index contributed by atoms with van der Waals surface area (Å²) in [6.45, 7) is 0.440. The highest BCUT2D eigenvalue weighted by Gasteiger charge is 2.13. The Morgan fingerprint density at radius 2 is 2.16 bits per heavy atom. The van der Waals surface area contributed by atoms with Crippen LogP contribution in [-0.4, -0.2) is 38.7 Å². The number of nitrogens with two attached hydrogens (primary N) is 1. The molecular weight excluding hydrogens is 363 g/mol. The quantitative estimate of drug-likeness (QED) is 0.331. The number of rotatable bonds is 6. The van der Waals surface area contributed by atoms with E-state index in [2.05, 4.69) is 27.9 Å². The van der Waals surface area contributed by atoms with Crippen molar-refractivity contribution in [1.29, 1.82) is 0 Å². The lowest BCUT2D eigenvalue weighted by molar-refractivity contribution is -0.124. The van der Waals surface area contributed by atoms with Gasteiger partial charge in [0.15, 0.2) is 6.61 Å². The van der Waals surface area contributed by atoms with E-state index in [1.807, 2.05) is 0 Å². The molecule has 3 N–H and O–H groups in total. The molecule has 0 aliphatic rings. The van der Waals surface area contributed by atoms with E-state index in [0.717, 1.165) is 3.57 Å². The summed E-state index contributed by atoms with van der Waals surface area (Å²) >= 11 is 2.06. The van der Waals surface area contributed by atoms with Gasteiger partial charge in [0.05, 0.1) is 12.2 Å². The fourth-order valence-electron chi connectivity index (χ4n) is 1.26. The number of ether oxygens (including phenoxy) is 2. The van der Waals surface area contributed by atoms with Crippen molar-refractivity contribution in [2.45, 2.75) is 0 Å². The Morgan fingerprint density at radius 1 is 1.42 bits per heavy atom. The number of anilines is 1. The molecule has 19 heavy (non-hydrogen) atoms. The lowest BCUT2D eigenvalue weighted by Gasteiger charge is -2.08. The highest BCUT2D eigenvalue weighted by atomic mass is 127. The Labute approximate surface area is 124 Å². The Hall–Kier alpha value is -1.35. The number of hydrogen-bond acceptors (Lipinski definition) is 5. The third kappa shape index (κ3) is 5.43. The van der Waals surface area contributed by atoms with Crippen molar-refractivity contribution in [3.8, 4) is 0 Å². The second-order valence-corrected chi connectivity index (χ2v) is 4.90. The number of esters is 1. The van der Waals surface area contributed by atoms with Gasteiger partial charge in [-0.1, -0.05) is 0 Å². The van der Waals surface area contributed by atoms with Crippen molar-refractivity contribution in [3.63, 3.8) is 0 Å². The van der Waals surface area contributed by atoms with Gasteiger partial charge in [-0.3, -0.25) is 4.79 Å². The first-order valence-corrected chi connectivity index (χ1v) is 6.60. The minimum Gasteiger partial charge on any atom is -0.452 e. The van der Waals surface area contributed by atoms with Crippen LogP contribution >= 0.6 is 22.6 Å². The van der Waals surface area contributed by atoms with E-state index < -0.39 is 5.97 Å². The molecule has 0 heterocycles. The molecule has 0 fully saturated rings.